The minimum atomic E-state index is -0.0148. The SMILES string of the molecule is O=C(/C=C(\O)C12CC3CC(CC(C3)C1)C2)C1CCCCC1.[V]. The molecule has 0 amide bonds. The van der Waals surface area contributed by atoms with Gasteiger partial charge in [-0.2, -0.15) is 0 Å². The Morgan fingerprint density at radius 2 is 1.41 bits per heavy atom. The fourth-order valence-corrected chi connectivity index (χ4v) is 6.22. The Kier molecular flexibility index (Phi) is 4.81. The molecule has 1 N–H and O–H groups in total. The van der Waals surface area contributed by atoms with E-state index in [-0.39, 0.29) is 35.7 Å². The van der Waals surface area contributed by atoms with Crippen LogP contribution in [-0.2, 0) is 23.4 Å². The average molecular weight is 339 g/mol. The average Bonchev–Trinajstić information content (AvgIpc) is 2.46. The van der Waals surface area contributed by atoms with E-state index in [1.165, 1.54) is 38.5 Å². The van der Waals surface area contributed by atoms with Gasteiger partial charge in [-0.3, -0.25) is 4.79 Å². The van der Waals surface area contributed by atoms with E-state index in [0.717, 1.165) is 49.9 Å². The molecule has 0 aromatic carbocycles. The van der Waals surface area contributed by atoms with E-state index in [9.17, 15) is 9.90 Å². The summed E-state index contributed by atoms with van der Waals surface area (Å²) in [4.78, 5) is 12.5. The van der Waals surface area contributed by atoms with E-state index in [4.69, 9.17) is 0 Å². The number of allylic oxidation sites excluding steroid dienone is 2. The van der Waals surface area contributed by atoms with Crippen LogP contribution in [0.1, 0.15) is 70.6 Å². The normalized spacial score (nSPS) is 41.3. The van der Waals surface area contributed by atoms with E-state index in [1.807, 2.05) is 0 Å². The molecule has 0 aliphatic heterocycles. The molecule has 5 saturated carbocycles. The quantitative estimate of drug-likeness (QED) is 0.593. The van der Waals surface area contributed by atoms with Crippen LogP contribution in [0.5, 0.6) is 0 Å². The molecule has 0 aromatic rings. The van der Waals surface area contributed by atoms with Gasteiger partial charge in [0.1, 0.15) is 5.76 Å². The third-order valence-electron chi connectivity index (χ3n) is 6.87. The molecule has 2 nitrogen and oxygen atoms in total. The maximum Gasteiger partial charge on any atom is 0.162 e. The number of hydrogen-bond donors (Lipinski definition) is 1. The first kappa shape index (κ1) is 16.6. The molecule has 22 heavy (non-hydrogen) atoms. The maximum atomic E-state index is 12.5. The number of hydrogen-bond acceptors (Lipinski definition) is 2. The molecular weight excluding hydrogens is 311 g/mol. The first-order valence-electron chi connectivity index (χ1n) is 9.10. The van der Waals surface area contributed by atoms with Crippen molar-refractivity contribution in [2.24, 2.45) is 29.1 Å². The van der Waals surface area contributed by atoms with Gasteiger partial charge in [0.2, 0.25) is 0 Å². The van der Waals surface area contributed by atoms with Crippen LogP contribution in [-0.4, -0.2) is 10.9 Å². The van der Waals surface area contributed by atoms with E-state index < -0.39 is 0 Å². The van der Waals surface area contributed by atoms with Gasteiger partial charge >= 0.3 is 0 Å². The van der Waals surface area contributed by atoms with Crippen LogP contribution in [0.15, 0.2) is 11.8 Å². The van der Waals surface area contributed by atoms with Gasteiger partial charge in [-0.1, -0.05) is 19.3 Å². The minimum absolute atomic E-state index is 0. The fraction of sp³-hybridized carbons (Fsp3) is 0.842. The Bertz CT molecular complexity index is 427. The molecule has 4 bridgehead atoms. The van der Waals surface area contributed by atoms with Crippen LogP contribution in [0, 0.1) is 29.1 Å². The zero-order chi connectivity index (χ0) is 14.4. The predicted octanol–water partition coefficient (Wildman–Crippen LogP) is 4.79. The van der Waals surface area contributed by atoms with Gasteiger partial charge in [-0.25, -0.2) is 0 Å². The molecule has 121 valence electrons. The van der Waals surface area contributed by atoms with Gasteiger partial charge in [0.15, 0.2) is 5.78 Å². The summed E-state index contributed by atoms with van der Waals surface area (Å²) < 4.78 is 0. The van der Waals surface area contributed by atoms with Crippen molar-refractivity contribution in [2.45, 2.75) is 70.6 Å². The van der Waals surface area contributed by atoms with Crippen molar-refractivity contribution in [3.63, 3.8) is 0 Å². The van der Waals surface area contributed by atoms with Crippen LogP contribution < -0.4 is 0 Å². The second-order valence-electron chi connectivity index (χ2n) is 8.46. The standard InChI is InChI=1S/C19H28O2.V/c20-17(16-4-2-1-3-5-16)9-18(21)19-10-13-6-14(11-19)8-15(7-13)12-19;/h9,13-16,21H,1-8,10-12H2;/b18-9-;. The zero-order valence-electron chi connectivity index (χ0n) is 13.5. The summed E-state index contributed by atoms with van der Waals surface area (Å²) in [7, 11) is 0. The first-order chi connectivity index (χ1) is 10.1. The van der Waals surface area contributed by atoms with Crippen LogP contribution >= 0.6 is 0 Å². The van der Waals surface area contributed by atoms with E-state index in [0.29, 0.717) is 5.76 Å². The van der Waals surface area contributed by atoms with Gasteiger partial charge in [0, 0.05) is 36.0 Å². The summed E-state index contributed by atoms with van der Waals surface area (Å²) in [6.45, 7) is 0. The molecule has 0 spiro atoms. The molecule has 5 rings (SSSR count). The van der Waals surface area contributed by atoms with E-state index in [1.54, 1.807) is 6.08 Å². The van der Waals surface area contributed by atoms with Gasteiger partial charge in [0.25, 0.3) is 0 Å². The molecule has 0 saturated heterocycles. The van der Waals surface area contributed by atoms with Crippen molar-refractivity contribution in [1.29, 1.82) is 0 Å². The number of aliphatic hydroxyl groups is 1. The zero-order valence-corrected chi connectivity index (χ0v) is 14.9. The molecule has 5 fully saturated rings. The maximum absolute atomic E-state index is 12.5. The van der Waals surface area contributed by atoms with Crippen LogP contribution in [0.4, 0.5) is 0 Å². The van der Waals surface area contributed by atoms with Crippen molar-refractivity contribution in [3.8, 4) is 0 Å². The second kappa shape index (κ2) is 6.36. The van der Waals surface area contributed by atoms with Gasteiger partial charge in [0.05, 0.1) is 0 Å². The molecule has 0 aromatic heterocycles. The van der Waals surface area contributed by atoms with E-state index in [2.05, 4.69) is 0 Å². The number of carbonyl (C=O) groups excluding carboxylic acids is 1. The number of rotatable bonds is 3. The number of ketones is 1. The van der Waals surface area contributed by atoms with Crippen LogP contribution in [0.3, 0.4) is 0 Å². The van der Waals surface area contributed by atoms with Crippen molar-refractivity contribution in [3.05, 3.63) is 11.8 Å². The monoisotopic (exact) mass is 339 g/mol. The van der Waals surface area contributed by atoms with Crippen LogP contribution in [0.2, 0.25) is 0 Å². The molecule has 5 aliphatic rings. The first-order valence-corrected chi connectivity index (χ1v) is 9.10. The molecule has 5 aliphatic carbocycles. The molecule has 0 unspecified atom stereocenters. The molecule has 0 atom stereocenters. The van der Waals surface area contributed by atoms with Crippen molar-refractivity contribution >= 4 is 5.78 Å². The Labute approximate surface area is 146 Å². The van der Waals surface area contributed by atoms with Crippen molar-refractivity contribution in [2.75, 3.05) is 0 Å². The summed E-state index contributed by atoms with van der Waals surface area (Å²) in [6.07, 6.45) is 14.9. The largest absolute Gasteiger partial charge is 0.512 e. The predicted molar refractivity (Wildman–Crippen MR) is 82.9 cm³/mol. The summed E-state index contributed by atoms with van der Waals surface area (Å²) in [5.41, 5.74) is -0.0148. The molecule has 1 radical (unpaired) electrons. The Hall–Kier alpha value is -0.206. The molecular formula is C19H28O2V. The number of aliphatic hydroxyl groups excluding tert-OH is 1. The van der Waals surface area contributed by atoms with E-state index >= 15 is 0 Å². The Balaban J connectivity index is 0.00000144. The Morgan fingerprint density at radius 3 is 1.91 bits per heavy atom. The van der Waals surface area contributed by atoms with Crippen molar-refractivity contribution in [1.82, 2.24) is 0 Å². The third-order valence-corrected chi connectivity index (χ3v) is 6.87. The summed E-state index contributed by atoms with van der Waals surface area (Å²) in [6, 6.07) is 0. The molecule has 0 heterocycles. The second-order valence-corrected chi connectivity index (χ2v) is 8.46. The minimum Gasteiger partial charge on any atom is -0.512 e. The van der Waals surface area contributed by atoms with Gasteiger partial charge in [-0.15, -0.1) is 0 Å². The summed E-state index contributed by atoms with van der Waals surface area (Å²) >= 11 is 0. The van der Waals surface area contributed by atoms with Crippen LogP contribution in [0.25, 0.3) is 0 Å². The summed E-state index contributed by atoms with van der Waals surface area (Å²) in [5.74, 6) is 3.31. The number of carbonyl (C=O) groups is 1. The van der Waals surface area contributed by atoms with Crippen molar-refractivity contribution < 1.29 is 28.5 Å². The fourth-order valence-electron chi connectivity index (χ4n) is 6.22. The van der Waals surface area contributed by atoms with Gasteiger partial charge in [-0.05, 0) is 69.1 Å². The van der Waals surface area contributed by atoms with Gasteiger partial charge < -0.3 is 5.11 Å². The smallest absolute Gasteiger partial charge is 0.162 e. The Morgan fingerprint density at radius 1 is 0.909 bits per heavy atom. The summed E-state index contributed by atoms with van der Waals surface area (Å²) in [5, 5.41) is 10.8. The molecule has 3 heteroatoms. The topological polar surface area (TPSA) is 37.3 Å². The third kappa shape index (κ3) is 2.94.